The highest BCUT2D eigenvalue weighted by Crippen LogP contribution is 2.43. The largest absolute Gasteiger partial charge is 0.465 e. The van der Waals surface area contributed by atoms with Crippen molar-refractivity contribution in [2.24, 2.45) is 22.9 Å². The predicted octanol–water partition coefficient (Wildman–Crippen LogP) is 2.12. The van der Waals surface area contributed by atoms with Crippen LogP contribution in [0.2, 0.25) is 0 Å². The Morgan fingerprint density at radius 2 is 1.92 bits per heavy atom. The van der Waals surface area contributed by atoms with Gasteiger partial charge < -0.3 is 10.0 Å². The second-order valence-corrected chi connectivity index (χ2v) is 7.04. The summed E-state index contributed by atoms with van der Waals surface area (Å²) >= 11 is 0. The fourth-order valence-corrected chi connectivity index (χ4v) is 4.36. The molecule has 2 fully saturated rings. The lowest BCUT2D eigenvalue weighted by atomic mass is 10.0. The average molecular weight is 346 g/mol. The Kier molecular flexibility index (Phi) is 3.89. The van der Waals surface area contributed by atoms with Crippen LogP contribution in [-0.2, 0) is 4.79 Å². The Bertz CT molecular complexity index is 726. The molecule has 3 atom stereocenters. The molecule has 0 spiro atoms. The normalized spacial score (nSPS) is 30.8. The zero-order valence-electron chi connectivity index (χ0n) is 13.6. The number of carbonyl (C=O) groups excluding carboxylic acids is 1. The number of pyridine rings is 1. The number of rotatable bonds is 2. The van der Waals surface area contributed by atoms with Gasteiger partial charge in [-0.05, 0) is 36.3 Å². The van der Waals surface area contributed by atoms with Crippen molar-refractivity contribution in [1.29, 1.82) is 0 Å². The van der Waals surface area contributed by atoms with Gasteiger partial charge in [0.1, 0.15) is 5.82 Å². The third-order valence-electron chi connectivity index (χ3n) is 5.54. The van der Waals surface area contributed by atoms with Crippen LogP contribution in [0.5, 0.6) is 0 Å². The number of hydrazone groups is 1. The van der Waals surface area contributed by atoms with Gasteiger partial charge in [-0.1, -0.05) is 0 Å². The highest BCUT2D eigenvalue weighted by atomic mass is 19.1. The standard InChI is InChI=1S/C17H19FN4O3/c18-14-5-11(6-19-7-14)15-1-2-20-22(15)16(23)10-3-12-8-21(17(24)25)9-13(12)4-10/h2,5-7,10,12-13,15H,1,3-4,8-9H2,(H,24,25). The average Bonchev–Trinajstić information content (AvgIpc) is 3.28. The molecule has 1 saturated carbocycles. The molecule has 1 aromatic rings. The van der Waals surface area contributed by atoms with E-state index >= 15 is 0 Å². The summed E-state index contributed by atoms with van der Waals surface area (Å²) in [4.78, 5) is 29.3. The molecule has 0 aromatic carbocycles. The van der Waals surface area contributed by atoms with Gasteiger partial charge in [-0.2, -0.15) is 5.10 Å². The molecule has 25 heavy (non-hydrogen) atoms. The van der Waals surface area contributed by atoms with Gasteiger partial charge in [0.2, 0.25) is 5.91 Å². The molecule has 132 valence electrons. The minimum Gasteiger partial charge on any atom is -0.465 e. The molecule has 3 heterocycles. The number of likely N-dealkylation sites (tertiary alicyclic amines) is 1. The molecule has 1 aliphatic carbocycles. The molecule has 7 nitrogen and oxygen atoms in total. The maximum absolute atomic E-state index is 13.4. The van der Waals surface area contributed by atoms with E-state index in [9.17, 15) is 14.0 Å². The van der Waals surface area contributed by atoms with Gasteiger partial charge in [-0.25, -0.2) is 14.2 Å². The van der Waals surface area contributed by atoms with E-state index in [1.807, 2.05) is 0 Å². The number of carbonyl (C=O) groups is 2. The Hall–Kier alpha value is -2.51. The van der Waals surface area contributed by atoms with Crippen LogP contribution >= 0.6 is 0 Å². The van der Waals surface area contributed by atoms with E-state index in [0.29, 0.717) is 37.9 Å². The fraction of sp³-hybridized carbons (Fsp3) is 0.529. The Morgan fingerprint density at radius 3 is 2.56 bits per heavy atom. The molecular formula is C17H19FN4O3. The molecule has 1 aromatic heterocycles. The maximum atomic E-state index is 13.4. The van der Waals surface area contributed by atoms with Crippen molar-refractivity contribution < 1.29 is 19.1 Å². The first-order valence-corrected chi connectivity index (χ1v) is 8.46. The lowest BCUT2D eigenvalue weighted by molar-refractivity contribution is -0.137. The number of carboxylic acid groups (broad SMARTS) is 1. The first-order chi connectivity index (χ1) is 12.0. The minimum absolute atomic E-state index is 0.0562. The molecule has 1 N–H and O–H groups in total. The molecule has 2 aliphatic heterocycles. The summed E-state index contributed by atoms with van der Waals surface area (Å²) in [6, 6.07) is 1.08. The number of fused-ring (bicyclic) bond motifs is 1. The quantitative estimate of drug-likeness (QED) is 0.889. The molecular weight excluding hydrogens is 327 g/mol. The molecule has 3 aliphatic rings. The summed E-state index contributed by atoms with van der Waals surface area (Å²) in [5.41, 5.74) is 0.640. The van der Waals surface area contributed by atoms with Gasteiger partial charge in [0.05, 0.1) is 12.2 Å². The summed E-state index contributed by atoms with van der Waals surface area (Å²) in [5.74, 6) is -0.151. The SMILES string of the molecule is O=C(O)N1CC2CC(C(=O)N3N=CCC3c3cncc(F)c3)CC2C1. The third kappa shape index (κ3) is 2.85. The summed E-state index contributed by atoms with van der Waals surface area (Å²) in [6.45, 7) is 1.01. The molecule has 2 amide bonds. The van der Waals surface area contributed by atoms with E-state index in [1.54, 1.807) is 12.4 Å². The van der Waals surface area contributed by atoms with Gasteiger partial charge in [0, 0.05) is 37.8 Å². The van der Waals surface area contributed by atoms with Crippen molar-refractivity contribution >= 4 is 18.2 Å². The number of nitrogens with zero attached hydrogens (tertiary/aromatic N) is 4. The first kappa shape index (κ1) is 16.0. The van der Waals surface area contributed by atoms with Crippen LogP contribution in [0.3, 0.4) is 0 Å². The summed E-state index contributed by atoms with van der Waals surface area (Å²) in [6.07, 6.45) is 5.41. The summed E-state index contributed by atoms with van der Waals surface area (Å²) in [7, 11) is 0. The van der Waals surface area contributed by atoms with E-state index in [-0.39, 0.29) is 29.7 Å². The molecule has 1 saturated heterocycles. The van der Waals surface area contributed by atoms with Crippen LogP contribution in [0.25, 0.3) is 0 Å². The Morgan fingerprint density at radius 1 is 1.20 bits per heavy atom. The van der Waals surface area contributed by atoms with Crippen LogP contribution < -0.4 is 0 Å². The molecule has 8 heteroatoms. The van der Waals surface area contributed by atoms with Crippen molar-refractivity contribution in [2.45, 2.75) is 25.3 Å². The van der Waals surface area contributed by atoms with Gasteiger partial charge in [0.25, 0.3) is 0 Å². The van der Waals surface area contributed by atoms with E-state index < -0.39 is 11.9 Å². The molecule has 0 bridgehead atoms. The van der Waals surface area contributed by atoms with Crippen molar-refractivity contribution in [3.8, 4) is 0 Å². The molecule has 4 rings (SSSR count). The number of hydrogen-bond acceptors (Lipinski definition) is 4. The monoisotopic (exact) mass is 346 g/mol. The molecule has 0 radical (unpaired) electrons. The third-order valence-corrected chi connectivity index (χ3v) is 5.54. The van der Waals surface area contributed by atoms with E-state index in [4.69, 9.17) is 5.11 Å². The van der Waals surface area contributed by atoms with E-state index in [0.717, 1.165) is 6.20 Å². The smallest absolute Gasteiger partial charge is 0.407 e. The van der Waals surface area contributed by atoms with Gasteiger partial charge in [0.15, 0.2) is 0 Å². The number of halogens is 1. The fourth-order valence-electron chi connectivity index (χ4n) is 4.36. The lowest BCUT2D eigenvalue weighted by Gasteiger charge is -2.25. The predicted molar refractivity (Wildman–Crippen MR) is 86.2 cm³/mol. The van der Waals surface area contributed by atoms with Crippen LogP contribution in [0.4, 0.5) is 9.18 Å². The highest BCUT2D eigenvalue weighted by Gasteiger charge is 2.46. The lowest BCUT2D eigenvalue weighted by Crippen LogP contribution is -2.34. The Balaban J connectivity index is 1.45. The minimum atomic E-state index is -0.889. The van der Waals surface area contributed by atoms with Crippen LogP contribution in [0.15, 0.2) is 23.6 Å². The number of aromatic nitrogens is 1. The van der Waals surface area contributed by atoms with Gasteiger partial charge in [-0.15, -0.1) is 0 Å². The van der Waals surface area contributed by atoms with E-state index in [1.165, 1.54) is 16.0 Å². The number of hydrogen-bond donors (Lipinski definition) is 1. The van der Waals surface area contributed by atoms with E-state index in [2.05, 4.69) is 10.1 Å². The van der Waals surface area contributed by atoms with Crippen molar-refractivity contribution in [1.82, 2.24) is 14.9 Å². The topological polar surface area (TPSA) is 86.1 Å². The summed E-state index contributed by atoms with van der Waals surface area (Å²) < 4.78 is 13.4. The maximum Gasteiger partial charge on any atom is 0.407 e. The highest BCUT2D eigenvalue weighted by molar-refractivity contribution is 5.82. The molecule has 3 unspecified atom stereocenters. The second-order valence-electron chi connectivity index (χ2n) is 7.04. The second kappa shape index (κ2) is 6.09. The van der Waals surface area contributed by atoms with Crippen molar-refractivity contribution in [2.75, 3.05) is 13.1 Å². The first-order valence-electron chi connectivity index (χ1n) is 8.46. The number of amides is 2. The van der Waals surface area contributed by atoms with Crippen molar-refractivity contribution in [3.63, 3.8) is 0 Å². The van der Waals surface area contributed by atoms with Crippen molar-refractivity contribution in [3.05, 3.63) is 29.8 Å². The van der Waals surface area contributed by atoms with Crippen LogP contribution in [0, 0.1) is 23.6 Å². The zero-order chi connectivity index (χ0) is 17.6. The summed E-state index contributed by atoms with van der Waals surface area (Å²) in [5, 5.41) is 14.8. The van der Waals surface area contributed by atoms with Crippen LogP contribution in [0.1, 0.15) is 30.9 Å². The zero-order valence-corrected chi connectivity index (χ0v) is 13.6. The Labute approximate surface area is 144 Å². The van der Waals surface area contributed by atoms with Gasteiger partial charge >= 0.3 is 6.09 Å². The van der Waals surface area contributed by atoms with Gasteiger partial charge in [-0.3, -0.25) is 9.78 Å². The van der Waals surface area contributed by atoms with Crippen LogP contribution in [-0.4, -0.2) is 51.3 Å².